The number of hydrogen-bond acceptors (Lipinski definition) is 6. The largest absolute Gasteiger partial charge is 0.496 e. The SMILES string of the molecule is COc1ccc(S(=O)(=O)N2CCN(Cc3cc(C)no3)CC2)cc1Br. The predicted octanol–water partition coefficient (Wildman–Crippen LogP) is 2.26. The van der Waals surface area contributed by atoms with E-state index in [0.717, 1.165) is 11.5 Å². The molecule has 0 N–H and O–H groups in total. The minimum Gasteiger partial charge on any atom is -0.496 e. The molecule has 0 aliphatic carbocycles. The van der Waals surface area contributed by atoms with Crippen LogP contribution >= 0.6 is 15.9 Å². The zero-order valence-electron chi connectivity index (χ0n) is 14.1. The minimum atomic E-state index is -3.52. The maximum absolute atomic E-state index is 12.8. The summed E-state index contributed by atoms with van der Waals surface area (Å²) in [7, 11) is -1.97. The van der Waals surface area contributed by atoms with Gasteiger partial charge in [-0.2, -0.15) is 4.31 Å². The van der Waals surface area contributed by atoms with Crippen molar-refractivity contribution in [3.8, 4) is 5.75 Å². The Bertz CT molecular complexity index is 845. The average Bonchev–Trinajstić information content (AvgIpc) is 3.00. The van der Waals surface area contributed by atoms with Crippen LogP contribution in [0.1, 0.15) is 11.5 Å². The third-order valence-electron chi connectivity index (χ3n) is 4.15. The van der Waals surface area contributed by atoms with Gasteiger partial charge in [0.15, 0.2) is 5.76 Å². The molecule has 1 saturated heterocycles. The standard InChI is InChI=1S/C16H20BrN3O4S/c1-12-9-13(24-18-12)11-19-5-7-20(8-6-19)25(21,22)14-3-4-16(23-2)15(17)10-14/h3-4,9-10H,5-8,11H2,1-2H3. The molecular weight excluding hydrogens is 410 g/mol. The van der Waals surface area contributed by atoms with E-state index in [4.69, 9.17) is 9.26 Å². The van der Waals surface area contributed by atoms with Crippen molar-refractivity contribution in [2.75, 3.05) is 33.3 Å². The Kier molecular flexibility index (Phi) is 5.47. The number of methoxy groups -OCH3 is 1. The lowest BCUT2D eigenvalue weighted by Crippen LogP contribution is -2.48. The van der Waals surface area contributed by atoms with Crippen LogP contribution in [0.25, 0.3) is 0 Å². The molecule has 9 heteroatoms. The van der Waals surface area contributed by atoms with E-state index >= 15 is 0 Å². The third kappa shape index (κ3) is 4.05. The molecule has 2 aromatic rings. The summed E-state index contributed by atoms with van der Waals surface area (Å²) >= 11 is 3.34. The van der Waals surface area contributed by atoms with Crippen molar-refractivity contribution in [3.05, 3.63) is 40.2 Å². The Labute approximate surface area is 155 Å². The quantitative estimate of drug-likeness (QED) is 0.725. The number of aromatic nitrogens is 1. The van der Waals surface area contributed by atoms with Crippen LogP contribution in [0.4, 0.5) is 0 Å². The van der Waals surface area contributed by atoms with Gasteiger partial charge in [0.05, 0.1) is 28.7 Å². The van der Waals surface area contributed by atoms with Crippen LogP contribution in [0, 0.1) is 6.92 Å². The molecule has 1 aromatic carbocycles. The molecule has 1 aliphatic heterocycles. The molecule has 136 valence electrons. The lowest BCUT2D eigenvalue weighted by atomic mass is 10.3. The van der Waals surface area contributed by atoms with E-state index in [-0.39, 0.29) is 4.90 Å². The van der Waals surface area contributed by atoms with Gasteiger partial charge in [0.2, 0.25) is 10.0 Å². The number of rotatable bonds is 5. The molecule has 0 atom stereocenters. The number of halogens is 1. The highest BCUT2D eigenvalue weighted by Crippen LogP contribution is 2.29. The summed E-state index contributed by atoms with van der Waals surface area (Å²) in [6, 6.07) is 6.71. The van der Waals surface area contributed by atoms with Crippen molar-refractivity contribution in [2.45, 2.75) is 18.4 Å². The molecule has 0 amide bonds. The summed E-state index contributed by atoms with van der Waals surface area (Å²) in [6.07, 6.45) is 0. The van der Waals surface area contributed by atoms with Crippen LogP contribution in [0.3, 0.4) is 0 Å². The highest BCUT2D eigenvalue weighted by molar-refractivity contribution is 9.10. The molecule has 0 spiro atoms. The molecule has 2 heterocycles. The smallest absolute Gasteiger partial charge is 0.243 e. The van der Waals surface area contributed by atoms with E-state index in [1.54, 1.807) is 25.3 Å². The fourth-order valence-electron chi connectivity index (χ4n) is 2.80. The van der Waals surface area contributed by atoms with Crippen LogP contribution < -0.4 is 4.74 Å². The van der Waals surface area contributed by atoms with Crippen molar-refractivity contribution in [3.63, 3.8) is 0 Å². The van der Waals surface area contributed by atoms with Crippen LogP contribution in [0.2, 0.25) is 0 Å². The molecule has 1 aromatic heterocycles. The van der Waals surface area contributed by atoms with Gasteiger partial charge >= 0.3 is 0 Å². The topological polar surface area (TPSA) is 75.9 Å². The Balaban J connectivity index is 1.66. The van der Waals surface area contributed by atoms with Crippen LogP contribution in [0.15, 0.2) is 38.2 Å². The van der Waals surface area contributed by atoms with E-state index in [9.17, 15) is 8.42 Å². The molecule has 0 bridgehead atoms. The lowest BCUT2D eigenvalue weighted by molar-refractivity contribution is 0.166. The van der Waals surface area contributed by atoms with Crippen molar-refractivity contribution in [1.82, 2.24) is 14.4 Å². The van der Waals surface area contributed by atoms with Gasteiger partial charge in [0.25, 0.3) is 0 Å². The lowest BCUT2D eigenvalue weighted by Gasteiger charge is -2.33. The van der Waals surface area contributed by atoms with Crippen molar-refractivity contribution in [1.29, 1.82) is 0 Å². The molecule has 1 fully saturated rings. The highest BCUT2D eigenvalue weighted by atomic mass is 79.9. The summed E-state index contributed by atoms with van der Waals surface area (Å²) < 4.78 is 38.2. The average molecular weight is 430 g/mol. The second-order valence-corrected chi connectivity index (χ2v) is 8.70. The third-order valence-corrected chi connectivity index (χ3v) is 6.66. The number of aryl methyl sites for hydroxylation is 1. The first kappa shape index (κ1) is 18.4. The number of hydrogen-bond donors (Lipinski definition) is 0. The number of nitrogens with zero attached hydrogens (tertiary/aromatic N) is 3. The van der Waals surface area contributed by atoms with Crippen LogP contribution in [-0.2, 0) is 16.6 Å². The molecule has 0 radical (unpaired) electrons. The predicted molar refractivity (Wildman–Crippen MR) is 96.0 cm³/mol. The first-order valence-corrected chi connectivity index (χ1v) is 10.1. The molecular formula is C16H20BrN3O4S. The van der Waals surface area contributed by atoms with Gasteiger partial charge in [-0.05, 0) is 41.1 Å². The van der Waals surface area contributed by atoms with Crippen LogP contribution in [-0.4, -0.2) is 56.1 Å². The molecule has 25 heavy (non-hydrogen) atoms. The first-order chi connectivity index (χ1) is 11.9. The van der Waals surface area contributed by atoms with Crippen molar-refractivity contribution in [2.24, 2.45) is 0 Å². The molecule has 7 nitrogen and oxygen atoms in total. The summed E-state index contributed by atoms with van der Waals surface area (Å²) in [6.45, 7) is 4.71. The summed E-state index contributed by atoms with van der Waals surface area (Å²) in [5, 5.41) is 3.88. The first-order valence-electron chi connectivity index (χ1n) is 7.88. The second-order valence-electron chi connectivity index (χ2n) is 5.91. The van der Waals surface area contributed by atoms with Crippen LogP contribution in [0.5, 0.6) is 5.75 Å². The maximum Gasteiger partial charge on any atom is 0.243 e. The zero-order chi connectivity index (χ0) is 18.0. The molecule has 0 saturated carbocycles. The van der Waals surface area contributed by atoms with Gasteiger partial charge in [-0.1, -0.05) is 5.16 Å². The Hall–Kier alpha value is -1.42. The maximum atomic E-state index is 12.8. The summed E-state index contributed by atoms with van der Waals surface area (Å²) in [5.41, 5.74) is 0.848. The second kappa shape index (κ2) is 7.45. The van der Waals surface area contributed by atoms with Gasteiger partial charge in [-0.15, -0.1) is 0 Å². The van der Waals surface area contributed by atoms with E-state index in [1.807, 2.05) is 13.0 Å². The van der Waals surface area contributed by atoms with Gasteiger partial charge in [-0.3, -0.25) is 4.90 Å². The Morgan fingerprint density at radius 2 is 1.96 bits per heavy atom. The Morgan fingerprint density at radius 1 is 1.24 bits per heavy atom. The fraction of sp³-hybridized carbons (Fsp3) is 0.438. The van der Waals surface area contributed by atoms with Gasteiger partial charge < -0.3 is 9.26 Å². The van der Waals surface area contributed by atoms with E-state index in [1.165, 1.54) is 4.31 Å². The summed E-state index contributed by atoms with van der Waals surface area (Å²) in [5.74, 6) is 1.40. The summed E-state index contributed by atoms with van der Waals surface area (Å²) in [4.78, 5) is 2.43. The van der Waals surface area contributed by atoms with Crippen molar-refractivity contribution >= 4 is 26.0 Å². The fourth-order valence-corrected chi connectivity index (χ4v) is 4.94. The number of piperazine rings is 1. The monoisotopic (exact) mass is 429 g/mol. The van der Waals surface area contributed by atoms with Gasteiger partial charge in [0, 0.05) is 32.2 Å². The number of sulfonamides is 1. The molecule has 0 unspecified atom stereocenters. The van der Waals surface area contributed by atoms with E-state index < -0.39 is 10.0 Å². The van der Waals surface area contributed by atoms with E-state index in [2.05, 4.69) is 26.0 Å². The number of ether oxygens (including phenoxy) is 1. The molecule has 3 rings (SSSR count). The van der Waals surface area contributed by atoms with Gasteiger partial charge in [0.1, 0.15) is 5.75 Å². The van der Waals surface area contributed by atoms with Gasteiger partial charge in [-0.25, -0.2) is 8.42 Å². The van der Waals surface area contributed by atoms with Crippen molar-refractivity contribution < 1.29 is 17.7 Å². The highest BCUT2D eigenvalue weighted by Gasteiger charge is 2.29. The normalized spacial score (nSPS) is 16.9. The zero-order valence-corrected chi connectivity index (χ0v) is 16.5. The minimum absolute atomic E-state index is 0.263. The number of benzene rings is 1. The van der Waals surface area contributed by atoms with E-state index in [0.29, 0.717) is 42.9 Å². The molecule has 1 aliphatic rings. The Morgan fingerprint density at radius 3 is 2.52 bits per heavy atom.